The molecule has 0 unspecified atom stereocenters. The van der Waals surface area contributed by atoms with Gasteiger partial charge in [-0.15, -0.1) is 0 Å². The van der Waals surface area contributed by atoms with Gasteiger partial charge in [0, 0.05) is 12.1 Å². The number of esters is 1. The van der Waals surface area contributed by atoms with Crippen molar-refractivity contribution in [3.63, 3.8) is 0 Å². The van der Waals surface area contributed by atoms with Crippen molar-refractivity contribution in [3.8, 4) is 5.75 Å². The topological polar surface area (TPSA) is 102 Å². The van der Waals surface area contributed by atoms with Gasteiger partial charge in [0.15, 0.2) is 6.61 Å². The Bertz CT molecular complexity index is 1190. The van der Waals surface area contributed by atoms with Crippen molar-refractivity contribution in [1.29, 1.82) is 0 Å². The van der Waals surface area contributed by atoms with Crippen LogP contribution in [-0.4, -0.2) is 48.3 Å². The van der Waals surface area contributed by atoms with Crippen molar-refractivity contribution < 1.29 is 28.7 Å². The molecule has 34 heavy (non-hydrogen) atoms. The van der Waals surface area contributed by atoms with Gasteiger partial charge in [0.2, 0.25) is 0 Å². The maximum Gasteiger partial charge on any atom is 0.330 e. The van der Waals surface area contributed by atoms with Gasteiger partial charge in [0.1, 0.15) is 11.8 Å². The number of methoxy groups -OCH3 is 1. The lowest BCUT2D eigenvalue weighted by Crippen LogP contribution is -2.47. The Morgan fingerprint density at radius 3 is 2.03 bits per heavy atom. The summed E-state index contributed by atoms with van der Waals surface area (Å²) in [5, 5.41) is 2.62. The van der Waals surface area contributed by atoms with Crippen LogP contribution in [-0.2, 0) is 20.7 Å². The molecule has 3 amide bonds. The lowest BCUT2D eigenvalue weighted by molar-refractivity contribution is -0.151. The molecule has 1 atom stereocenters. The second kappa shape index (κ2) is 9.99. The Morgan fingerprint density at radius 2 is 1.44 bits per heavy atom. The van der Waals surface area contributed by atoms with E-state index in [-0.39, 0.29) is 17.5 Å². The molecule has 0 aromatic heterocycles. The number of ether oxygens (including phenoxy) is 2. The third kappa shape index (κ3) is 4.80. The van der Waals surface area contributed by atoms with Gasteiger partial charge in [-0.2, -0.15) is 0 Å². The van der Waals surface area contributed by atoms with Crippen LogP contribution in [0.2, 0.25) is 0 Å². The highest BCUT2D eigenvalue weighted by Crippen LogP contribution is 2.26. The van der Waals surface area contributed by atoms with Gasteiger partial charge in [0.25, 0.3) is 17.7 Å². The van der Waals surface area contributed by atoms with Crippen LogP contribution in [0.15, 0.2) is 78.9 Å². The normalized spacial score (nSPS) is 13.3. The summed E-state index contributed by atoms with van der Waals surface area (Å²) in [5.41, 5.74) is 1.71. The van der Waals surface area contributed by atoms with Crippen molar-refractivity contribution in [3.05, 3.63) is 95.6 Å². The molecule has 0 radical (unpaired) electrons. The van der Waals surface area contributed by atoms with E-state index in [1.165, 1.54) is 7.11 Å². The molecular weight excluding hydrogens is 436 g/mol. The SMILES string of the molecule is COc1ccc(NC(=O)COC(=O)[C@H](Cc2ccccc2)N2C(=O)c3ccccc3C2=O)cc1. The van der Waals surface area contributed by atoms with Crippen LogP contribution in [0, 0.1) is 0 Å². The number of nitrogens with one attached hydrogen (secondary N) is 1. The molecule has 8 heteroatoms. The zero-order chi connectivity index (χ0) is 24.1. The average molecular weight is 458 g/mol. The molecule has 0 saturated carbocycles. The molecule has 4 rings (SSSR count). The summed E-state index contributed by atoms with van der Waals surface area (Å²) < 4.78 is 10.3. The molecule has 0 spiro atoms. The number of carbonyl (C=O) groups is 4. The minimum atomic E-state index is -1.22. The molecule has 3 aromatic carbocycles. The largest absolute Gasteiger partial charge is 0.497 e. The van der Waals surface area contributed by atoms with Gasteiger partial charge in [0.05, 0.1) is 18.2 Å². The number of fused-ring (bicyclic) bond motifs is 1. The van der Waals surface area contributed by atoms with Crippen molar-refractivity contribution in [2.75, 3.05) is 19.0 Å². The molecule has 1 heterocycles. The second-order valence-corrected chi connectivity index (χ2v) is 7.62. The molecule has 172 valence electrons. The van der Waals surface area contributed by atoms with E-state index in [2.05, 4.69) is 5.32 Å². The van der Waals surface area contributed by atoms with Gasteiger partial charge in [-0.25, -0.2) is 4.79 Å². The number of nitrogens with zero attached hydrogens (tertiary/aromatic N) is 1. The number of carbonyl (C=O) groups excluding carboxylic acids is 4. The molecule has 0 bridgehead atoms. The Kier molecular flexibility index (Phi) is 6.68. The number of amides is 3. The average Bonchev–Trinajstić information content (AvgIpc) is 3.12. The molecule has 0 aliphatic carbocycles. The van der Waals surface area contributed by atoms with E-state index in [1.807, 2.05) is 6.07 Å². The standard InChI is InChI=1S/C26H22N2O6/c1-33-19-13-11-18(12-14-19)27-23(29)16-34-26(32)22(15-17-7-3-2-4-8-17)28-24(30)20-9-5-6-10-21(20)25(28)31/h2-14,22H,15-16H2,1H3,(H,27,29)/t22-/m0/s1. The zero-order valence-electron chi connectivity index (χ0n) is 18.4. The first-order valence-electron chi connectivity index (χ1n) is 10.6. The lowest BCUT2D eigenvalue weighted by atomic mass is 10.0. The molecule has 1 N–H and O–H groups in total. The predicted octanol–water partition coefficient (Wildman–Crippen LogP) is 3.08. The third-order valence-corrected chi connectivity index (χ3v) is 5.40. The van der Waals surface area contributed by atoms with E-state index in [0.717, 1.165) is 10.5 Å². The van der Waals surface area contributed by atoms with Crippen LogP contribution in [0.4, 0.5) is 5.69 Å². The maximum absolute atomic E-state index is 13.1. The van der Waals surface area contributed by atoms with E-state index in [1.54, 1.807) is 72.8 Å². The van der Waals surface area contributed by atoms with E-state index in [4.69, 9.17) is 9.47 Å². The molecule has 8 nitrogen and oxygen atoms in total. The van der Waals surface area contributed by atoms with Crippen LogP contribution in [0.25, 0.3) is 0 Å². The number of hydrogen-bond acceptors (Lipinski definition) is 6. The summed E-state index contributed by atoms with van der Waals surface area (Å²) in [6.45, 7) is -0.570. The van der Waals surface area contributed by atoms with Gasteiger partial charge < -0.3 is 14.8 Å². The van der Waals surface area contributed by atoms with Crippen LogP contribution in [0.1, 0.15) is 26.3 Å². The van der Waals surface area contributed by atoms with E-state index in [0.29, 0.717) is 11.4 Å². The minimum absolute atomic E-state index is 0.0608. The minimum Gasteiger partial charge on any atom is -0.497 e. The molecule has 3 aromatic rings. The maximum atomic E-state index is 13.1. The number of benzene rings is 3. The smallest absolute Gasteiger partial charge is 0.330 e. The molecule has 1 aliphatic rings. The first-order chi connectivity index (χ1) is 16.5. The number of rotatable bonds is 8. The van der Waals surface area contributed by atoms with Crippen molar-refractivity contribution in [2.24, 2.45) is 0 Å². The molecule has 1 aliphatic heterocycles. The zero-order valence-corrected chi connectivity index (χ0v) is 18.4. The number of imide groups is 1. The second-order valence-electron chi connectivity index (χ2n) is 7.62. The fourth-order valence-corrected chi connectivity index (χ4v) is 3.71. The lowest BCUT2D eigenvalue weighted by Gasteiger charge is -2.24. The van der Waals surface area contributed by atoms with E-state index < -0.39 is 36.3 Å². The fourth-order valence-electron chi connectivity index (χ4n) is 3.71. The highest BCUT2D eigenvalue weighted by atomic mass is 16.5. The van der Waals surface area contributed by atoms with Gasteiger partial charge in [-0.3, -0.25) is 19.3 Å². The molecule has 0 fully saturated rings. The predicted molar refractivity (Wildman–Crippen MR) is 123 cm³/mol. The Morgan fingerprint density at radius 1 is 0.853 bits per heavy atom. The summed E-state index contributed by atoms with van der Waals surface area (Å²) in [7, 11) is 1.53. The van der Waals surface area contributed by atoms with Crippen molar-refractivity contribution in [2.45, 2.75) is 12.5 Å². The number of hydrogen-bond donors (Lipinski definition) is 1. The van der Waals surface area contributed by atoms with Crippen molar-refractivity contribution in [1.82, 2.24) is 4.90 Å². The Labute approximate surface area is 196 Å². The van der Waals surface area contributed by atoms with Crippen molar-refractivity contribution >= 4 is 29.4 Å². The Balaban J connectivity index is 1.48. The molecule has 0 saturated heterocycles. The first-order valence-corrected chi connectivity index (χ1v) is 10.6. The van der Waals surface area contributed by atoms with Crippen LogP contribution in [0.5, 0.6) is 5.75 Å². The summed E-state index contributed by atoms with van der Waals surface area (Å²) in [6.07, 6.45) is 0.0608. The number of anilines is 1. The summed E-state index contributed by atoms with van der Waals surface area (Å²) in [6, 6.07) is 20.8. The van der Waals surface area contributed by atoms with Gasteiger partial charge >= 0.3 is 5.97 Å². The summed E-state index contributed by atoms with van der Waals surface area (Å²) >= 11 is 0. The van der Waals surface area contributed by atoms with Gasteiger partial charge in [-0.05, 0) is 42.0 Å². The molecular formula is C26H22N2O6. The van der Waals surface area contributed by atoms with E-state index in [9.17, 15) is 19.2 Å². The van der Waals surface area contributed by atoms with Crippen LogP contribution >= 0.6 is 0 Å². The summed E-state index contributed by atoms with van der Waals surface area (Å²) in [5.74, 6) is -1.90. The van der Waals surface area contributed by atoms with Crippen LogP contribution < -0.4 is 10.1 Å². The monoisotopic (exact) mass is 458 g/mol. The van der Waals surface area contributed by atoms with E-state index >= 15 is 0 Å². The Hall–Kier alpha value is -4.46. The summed E-state index contributed by atoms with van der Waals surface area (Å²) in [4.78, 5) is 52.2. The van der Waals surface area contributed by atoms with Gasteiger partial charge in [-0.1, -0.05) is 42.5 Å². The van der Waals surface area contributed by atoms with Crippen LogP contribution in [0.3, 0.4) is 0 Å². The highest BCUT2D eigenvalue weighted by molar-refractivity contribution is 6.22. The highest BCUT2D eigenvalue weighted by Gasteiger charge is 2.43. The quantitative estimate of drug-likeness (QED) is 0.411. The first kappa shape index (κ1) is 22.7. The fraction of sp³-hybridized carbons (Fsp3) is 0.154. The third-order valence-electron chi connectivity index (χ3n) is 5.40.